The highest BCUT2D eigenvalue weighted by Gasteiger charge is 2.20. The summed E-state index contributed by atoms with van der Waals surface area (Å²) in [5.41, 5.74) is -0.0965. The standard InChI is InChI=1S/C18H25N5OS/c24-18-17(19-5-6-20-18)23-11-9-22(10-12-23)14-16-4-3-15(25-16)13-21-7-1-2-8-21/h3-6H,1-2,7-14H2,(H,20,24). The van der Waals surface area contributed by atoms with Crippen LogP contribution in [0.15, 0.2) is 29.3 Å². The third kappa shape index (κ3) is 4.11. The first-order chi connectivity index (χ1) is 12.3. The predicted molar refractivity (Wildman–Crippen MR) is 101 cm³/mol. The van der Waals surface area contributed by atoms with Gasteiger partial charge in [-0.1, -0.05) is 0 Å². The molecule has 4 rings (SSSR count). The minimum absolute atomic E-state index is 0.0965. The van der Waals surface area contributed by atoms with Crippen molar-refractivity contribution in [2.24, 2.45) is 0 Å². The third-order valence-corrected chi connectivity index (χ3v) is 6.09. The Bertz CT molecular complexity index is 744. The number of rotatable bonds is 5. The molecule has 0 aromatic carbocycles. The van der Waals surface area contributed by atoms with Crippen molar-refractivity contribution in [2.45, 2.75) is 25.9 Å². The summed E-state index contributed by atoms with van der Waals surface area (Å²) in [6.07, 6.45) is 5.93. The van der Waals surface area contributed by atoms with E-state index in [9.17, 15) is 4.79 Å². The SMILES string of the molecule is O=c1[nH]ccnc1N1CCN(Cc2ccc(CN3CCCC3)s2)CC1. The van der Waals surface area contributed by atoms with Gasteiger partial charge in [-0.05, 0) is 38.1 Å². The highest BCUT2D eigenvalue weighted by molar-refractivity contribution is 7.11. The Morgan fingerprint density at radius 2 is 1.60 bits per heavy atom. The van der Waals surface area contributed by atoms with Gasteiger partial charge in [-0.2, -0.15) is 0 Å². The first kappa shape index (κ1) is 16.8. The quantitative estimate of drug-likeness (QED) is 0.881. The van der Waals surface area contributed by atoms with E-state index in [0.29, 0.717) is 5.82 Å². The second-order valence-corrected chi connectivity index (χ2v) is 8.11. The number of likely N-dealkylation sites (tertiary alicyclic amines) is 1. The number of nitrogens with zero attached hydrogens (tertiary/aromatic N) is 4. The molecule has 0 saturated carbocycles. The molecule has 0 radical (unpaired) electrons. The number of H-pyrrole nitrogens is 1. The molecule has 2 aliphatic heterocycles. The number of aromatic amines is 1. The summed E-state index contributed by atoms with van der Waals surface area (Å²) in [5, 5.41) is 0. The number of hydrogen-bond acceptors (Lipinski definition) is 6. The van der Waals surface area contributed by atoms with Gasteiger partial charge in [0.15, 0.2) is 5.82 Å². The molecule has 0 spiro atoms. The Morgan fingerprint density at radius 1 is 0.960 bits per heavy atom. The lowest BCUT2D eigenvalue weighted by Crippen LogP contribution is -2.47. The van der Waals surface area contributed by atoms with Crippen LogP contribution in [-0.4, -0.2) is 59.0 Å². The van der Waals surface area contributed by atoms with Gasteiger partial charge < -0.3 is 9.88 Å². The predicted octanol–water partition coefficient (Wildman–Crippen LogP) is 1.75. The number of aromatic nitrogens is 2. The van der Waals surface area contributed by atoms with Gasteiger partial charge in [0, 0.05) is 61.4 Å². The molecule has 6 nitrogen and oxygen atoms in total. The van der Waals surface area contributed by atoms with Crippen LogP contribution in [0.1, 0.15) is 22.6 Å². The van der Waals surface area contributed by atoms with Crippen LogP contribution in [0.4, 0.5) is 5.82 Å². The molecule has 2 aromatic heterocycles. The van der Waals surface area contributed by atoms with Crippen LogP contribution >= 0.6 is 11.3 Å². The molecule has 4 heterocycles. The molecule has 0 amide bonds. The smallest absolute Gasteiger partial charge is 0.290 e. The fourth-order valence-corrected chi connectivity index (χ4v) is 4.76. The highest BCUT2D eigenvalue weighted by Crippen LogP contribution is 2.22. The highest BCUT2D eigenvalue weighted by atomic mass is 32.1. The average molecular weight is 359 g/mol. The minimum atomic E-state index is -0.0965. The number of nitrogens with one attached hydrogen (secondary N) is 1. The van der Waals surface area contributed by atoms with Crippen molar-refractivity contribution in [2.75, 3.05) is 44.2 Å². The van der Waals surface area contributed by atoms with E-state index >= 15 is 0 Å². The van der Waals surface area contributed by atoms with E-state index in [4.69, 9.17) is 0 Å². The van der Waals surface area contributed by atoms with Crippen LogP contribution in [0.3, 0.4) is 0 Å². The zero-order valence-corrected chi connectivity index (χ0v) is 15.3. The van der Waals surface area contributed by atoms with Gasteiger partial charge in [-0.25, -0.2) is 4.98 Å². The summed E-state index contributed by atoms with van der Waals surface area (Å²) in [4.78, 5) is 28.8. The monoisotopic (exact) mass is 359 g/mol. The molecule has 2 aliphatic rings. The average Bonchev–Trinajstić information content (AvgIpc) is 3.29. The molecule has 7 heteroatoms. The Morgan fingerprint density at radius 3 is 2.24 bits per heavy atom. The van der Waals surface area contributed by atoms with Crippen molar-refractivity contribution in [3.8, 4) is 0 Å². The van der Waals surface area contributed by atoms with Gasteiger partial charge in [-0.3, -0.25) is 14.6 Å². The van der Waals surface area contributed by atoms with Crippen molar-refractivity contribution in [3.05, 3.63) is 44.6 Å². The van der Waals surface area contributed by atoms with Crippen LogP contribution in [0.25, 0.3) is 0 Å². The number of piperazine rings is 1. The van der Waals surface area contributed by atoms with E-state index < -0.39 is 0 Å². The molecular formula is C18H25N5OS. The van der Waals surface area contributed by atoms with E-state index in [0.717, 1.165) is 39.3 Å². The lowest BCUT2D eigenvalue weighted by molar-refractivity contribution is 0.251. The van der Waals surface area contributed by atoms with Gasteiger partial charge in [0.25, 0.3) is 5.56 Å². The summed E-state index contributed by atoms with van der Waals surface area (Å²) >= 11 is 1.95. The van der Waals surface area contributed by atoms with Gasteiger partial charge in [0.1, 0.15) is 0 Å². The first-order valence-corrected chi connectivity index (χ1v) is 9.90. The van der Waals surface area contributed by atoms with Gasteiger partial charge in [0.05, 0.1) is 0 Å². The zero-order valence-electron chi connectivity index (χ0n) is 14.5. The van der Waals surface area contributed by atoms with Crippen LogP contribution in [0.2, 0.25) is 0 Å². The molecule has 0 unspecified atom stereocenters. The van der Waals surface area contributed by atoms with Crippen molar-refractivity contribution in [3.63, 3.8) is 0 Å². The molecule has 2 fully saturated rings. The van der Waals surface area contributed by atoms with Crippen molar-refractivity contribution in [1.29, 1.82) is 0 Å². The molecule has 134 valence electrons. The van der Waals surface area contributed by atoms with Gasteiger partial charge >= 0.3 is 0 Å². The van der Waals surface area contributed by atoms with Crippen LogP contribution in [0.5, 0.6) is 0 Å². The maximum absolute atomic E-state index is 11.9. The normalized spacial score (nSPS) is 19.6. The fraction of sp³-hybridized carbons (Fsp3) is 0.556. The van der Waals surface area contributed by atoms with Crippen molar-refractivity contribution >= 4 is 17.2 Å². The summed E-state index contributed by atoms with van der Waals surface area (Å²) < 4.78 is 0. The molecular weight excluding hydrogens is 334 g/mol. The first-order valence-electron chi connectivity index (χ1n) is 9.09. The van der Waals surface area contributed by atoms with Gasteiger partial charge in [0.2, 0.25) is 0 Å². The van der Waals surface area contributed by atoms with Gasteiger partial charge in [-0.15, -0.1) is 11.3 Å². The van der Waals surface area contributed by atoms with Crippen molar-refractivity contribution < 1.29 is 0 Å². The molecule has 0 bridgehead atoms. The van der Waals surface area contributed by atoms with E-state index in [1.54, 1.807) is 12.4 Å². The fourth-order valence-electron chi connectivity index (χ4n) is 3.66. The van der Waals surface area contributed by atoms with E-state index in [1.807, 2.05) is 11.3 Å². The summed E-state index contributed by atoms with van der Waals surface area (Å²) in [7, 11) is 0. The zero-order chi connectivity index (χ0) is 17.1. The largest absolute Gasteiger partial charge is 0.349 e. The van der Waals surface area contributed by atoms with Crippen LogP contribution in [-0.2, 0) is 13.1 Å². The lowest BCUT2D eigenvalue weighted by atomic mass is 10.3. The minimum Gasteiger partial charge on any atom is -0.349 e. The van der Waals surface area contributed by atoms with E-state index in [1.165, 1.54) is 35.7 Å². The molecule has 1 N–H and O–H groups in total. The molecule has 0 aliphatic carbocycles. The molecule has 25 heavy (non-hydrogen) atoms. The maximum Gasteiger partial charge on any atom is 0.290 e. The summed E-state index contributed by atoms with van der Waals surface area (Å²) in [5.74, 6) is 0.547. The van der Waals surface area contributed by atoms with E-state index in [2.05, 4.69) is 36.8 Å². The number of anilines is 1. The molecule has 2 aromatic rings. The Labute approximate surface area is 152 Å². The molecule has 0 atom stereocenters. The lowest BCUT2D eigenvalue weighted by Gasteiger charge is -2.34. The second kappa shape index (κ2) is 7.68. The topological polar surface area (TPSA) is 55.5 Å². The third-order valence-electron chi connectivity index (χ3n) is 5.04. The van der Waals surface area contributed by atoms with E-state index in [-0.39, 0.29) is 5.56 Å². The molecule has 2 saturated heterocycles. The Balaban J connectivity index is 1.29. The maximum atomic E-state index is 11.9. The van der Waals surface area contributed by atoms with Crippen LogP contribution < -0.4 is 10.5 Å². The number of thiophene rings is 1. The Hall–Kier alpha value is -1.70. The Kier molecular flexibility index (Phi) is 5.14. The number of hydrogen-bond donors (Lipinski definition) is 1. The summed E-state index contributed by atoms with van der Waals surface area (Å²) in [6, 6.07) is 4.58. The van der Waals surface area contributed by atoms with Crippen molar-refractivity contribution in [1.82, 2.24) is 19.8 Å². The summed E-state index contributed by atoms with van der Waals surface area (Å²) in [6.45, 7) is 8.27. The second-order valence-electron chi connectivity index (χ2n) is 6.86. The van der Waals surface area contributed by atoms with Crippen LogP contribution in [0, 0.1) is 0 Å².